The normalized spacial score (nSPS) is 11.7. The van der Waals surface area contributed by atoms with Gasteiger partial charge in [0.2, 0.25) is 11.8 Å². The van der Waals surface area contributed by atoms with Crippen LogP contribution in [0.25, 0.3) is 10.4 Å². The summed E-state index contributed by atoms with van der Waals surface area (Å²) >= 11 is 1.68. The zero-order chi connectivity index (χ0) is 20.4. The number of nitrogens with one attached hydrogen (secondary N) is 2. The fourth-order valence-electron chi connectivity index (χ4n) is 2.73. The van der Waals surface area contributed by atoms with Crippen LogP contribution in [0.15, 0.2) is 41.8 Å². The molecule has 1 aromatic heterocycles. The van der Waals surface area contributed by atoms with Gasteiger partial charge in [0.25, 0.3) is 0 Å². The van der Waals surface area contributed by atoms with E-state index in [1.165, 1.54) is 4.88 Å². The van der Waals surface area contributed by atoms with Gasteiger partial charge < -0.3 is 21.5 Å². The minimum absolute atomic E-state index is 0.0178. The predicted octanol–water partition coefficient (Wildman–Crippen LogP) is 1.77. The third kappa shape index (κ3) is 7.89. The molecule has 7 nitrogen and oxygen atoms in total. The van der Waals surface area contributed by atoms with E-state index >= 15 is 0 Å². The number of carbonyl (C=O) groups is 3. The van der Waals surface area contributed by atoms with E-state index in [0.717, 1.165) is 11.1 Å². The zero-order valence-electron chi connectivity index (χ0n) is 15.5. The number of thiophene rings is 1. The second-order valence-corrected chi connectivity index (χ2v) is 7.42. The minimum Gasteiger partial charge on any atom is -0.481 e. The van der Waals surface area contributed by atoms with Crippen molar-refractivity contribution in [3.05, 3.63) is 47.3 Å². The molecule has 2 rings (SSSR count). The van der Waals surface area contributed by atoms with Crippen LogP contribution < -0.4 is 16.4 Å². The average molecular weight is 404 g/mol. The van der Waals surface area contributed by atoms with Crippen molar-refractivity contribution in [1.29, 1.82) is 0 Å². The van der Waals surface area contributed by atoms with Crippen LogP contribution in [0.4, 0.5) is 0 Å². The van der Waals surface area contributed by atoms with Crippen molar-refractivity contribution in [2.75, 3.05) is 13.1 Å². The first-order valence-corrected chi connectivity index (χ1v) is 9.95. The second kappa shape index (κ2) is 11.2. The van der Waals surface area contributed by atoms with Gasteiger partial charge in [-0.2, -0.15) is 0 Å². The number of primary amides is 1. The Bertz CT molecular complexity index is 775. The molecule has 0 spiro atoms. The molecular formula is C20H25N3O4S. The number of carboxylic acid groups (broad SMARTS) is 1. The molecule has 1 aromatic carbocycles. The summed E-state index contributed by atoms with van der Waals surface area (Å²) in [4.78, 5) is 35.0. The van der Waals surface area contributed by atoms with Crippen molar-refractivity contribution in [2.24, 2.45) is 5.73 Å². The number of rotatable bonds is 12. The Morgan fingerprint density at radius 3 is 2.46 bits per heavy atom. The van der Waals surface area contributed by atoms with Gasteiger partial charge in [-0.15, -0.1) is 11.3 Å². The van der Waals surface area contributed by atoms with Crippen molar-refractivity contribution in [3.8, 4) is 10.4 Å². The van der Waals surface area contributed by atoms with Gasteiger partial charge >= 0.3 is 5.97 Å². The molecule has 1 atom stereocenters. The zero-order valence-corrected chi connectivity index (χ0v) is 16.3. The number of aliphatic carboxylic acids is 1. The topological polar surface area (TPSA) is 122 Å². The summed E-state index contributed by atoms with van der Waals surface area (Å²) in [5, 5.41) is 16.5. The van der Waals surface area contributed by atoms with E-state index in [1.807, 2.05) is 35.7 Å². The first kappa shape index (κ1) is 21.6. The summed E-state index contributed by atoms with van der Waals surface area (Å²) in [7, 11) is 0. The molecule has 0 aliphatic heterocycles. The fraction of sp³-hybridized carbons (Fsp3) is 0.350. The van der Waals surface area contributed by atoms with Gasteiger partial charge in [0.15, 0.2) is 0 Å². The molecule has 150 valence electrons. The van der Waals surface area contributed by atoms with Gasteiger partial charge in [0.05, 0.1) is 6.54 Å². The van der Waals surface area contributed by atoms with Crippen LogP contribution >= 0.6 is 11.3 Å². The van der Waals surface area contributed by atoms with E-state index in [2.05, 4.69) is 16.7 Å². The Labute approximate surface area is 167 Å². The third-order valence-corrected chi connectivity index (χ3v) is 5.08. The van der Waals surface area contributed by atoms with Crippen molar-refractivity contribution >= 4 is 29.1 Å². The highest BCUT2D eigenvalue weighted by Crippen LogP contribution is 2.24. The number of nitrogens with two attached hydrogens (primary N) is 1. The van der Waals surface area contributed by atoms with Crippen molar-refractivity contribution in [1.82, 2.24) is 10.6 Å². The van der Waals surface area contributed by atoms with Crippen molar-refractivity contribution in [2.45, 2.75) is 31.7 Å². The maximum Gasteiger partial charge on any atom is 0.303 e. The third-order valence-electron chi connectivity index (χ3n) is 4.16. The van der Waals surface area contributed by atoms with Gasteiger partial charge in [-0.3, -0.25) is 14.4 Å². The van der Waals surface area contributed by atoms with Gasteiger partial charge in [-0.1, -0.05) is 30.3 Å². The van der Waals surface area contributed by atoms with Crippen LogP contribution in [0.1, 0.15) is 24.8 Å². The van der Waals surface area contributed by atoms with E-state index in [0.29, 0.717) is 12.8 Å². The summed E-state index contributed by atoms with van der Waals surface area (Å²) in [6.45, 7) is 0.271. The molecule has 0 aliphatic rings. The first-order chi connectivity index (χ1) is 13.4. The molecule has 8 heteroatoms. The SMILES string of the molecule is NC(=O)CNCC(CCC(=O)O)NC(=O)CCc1ccc(-c2cccs2)cc1. The lowest BCUT2D eigenvalue weighted by atomic mass is 10.1. The maximum atomic E-state index is 12.2. The van der Waals surface area contributed by atoms with Gasteiger partial charge in [-0.05, 0) is 35.4 Å². The van der Waals surface area contributed by atoms with Gasteiger partial charge in [-0.25, -0.2) is 0 Å². The predicted molar refractivity (Wildman–Crippen MR) is 109 cm³/mol. The molecule has 1 unspecified atom stereocenters. The van der Waals surface area contributed by atoms with E-state index in [-0.39, 0.29) is 37.9 Å². The highest BCUT2D eigenvalue weighted by molar-refractivity contribution is 7.13. The number of hydrogen-bond donors (Lipinski definition) is 4. The molecule has 0 fully saturated rings. The second-order valence-electron chi connectivity index (χ2n) is 6.47. The molecule has 28 heavy (non-hydrogen) atoms. The largest absolute Gasteiger partial charge is 0.481 e. The minimum atomic E-state index is -0.931. The molecular weight excluding hydrogens is 378 g/mol. The van der Waals surface area contributed by atoms with Crippen LogP contribution in [-0.4, -0.2) is 42.0 Å². The number of amides is 2. The summed E-state index contributed by atoms with van der Waals surface area (Å²) < 4.78 is 0. The summed E-state index contributed by atoms with van der Waals surface area (Å²) in [6, 6.07) is 11.8. The van der Waals surface area contributed by atoms with Crippen molar-refractivity contribution in [3.63, 3.8) is 0 Å². The fourth-order valence-corrected chi connectivity index (χ4v) is 3.46. The molecule has 0 radical (unpaired) electrons. The lowest BCUT2D eigenvalue weighted by molar-refractivity contribution is -0.137. The number of carbonyl (C=O) groups excluding carboxylic acids is 2. The number of aryl methyl sites for hydroxylation is 1. The molecule has 2 amide bonds. The summed E-state index contributed by atoms with van der Waals surface area (Å²) in [6.07, 6.45) is 1.12. The Kier molecular flexibility index (Phi) is 8.64. The van der Waals surface area contributed by atoms with Crippen LogP contribution in [0.5, 0.6) is 0 Å². The van der Waals surface area contributed by atoms with E-state index in [9.17, 15) is 14.4 Å². The molecule has 5 N–H and O–H groups in total. The maximum absolute atomic E-state index is 12.2. The molecule has 0 saturated heterocycles. The molecule has 0 bridgehead atoms. The monoisotopic (exact) mass is 403 g/mol. The van der Waals surface area contributed by atoms with E-state index < -0.39 is 11.9 Å². The number of benzene rings is 1. The average Bonchev–Trinajstić information content (AvgIpc) is 3.19. The quantitative estimate of drug-likeness (QED) is 0.430. The van der Waals surface area contributed by atoms with Crippen LogP contribution in [0.2, 0.25) is 0 Å². The lowest BCUT2D eigenvalue weighted by Gasteiger charge is -2.18. The highest BCUT2D eigenvalue weighted by atomic mass is 32.1. The Morgan fingerprint density at radius 2 is 1.86 bits per heavy atom. The standard InChI is InChI=1S/C20H25N3O4S/c21-18(24)13-22-12-16(8-10-20(26)27)23-19(25)9-5-14-3-6-15(7-4-14)17-2-1-11-28-17/h1-4,6-7,11,16,22H,5,8-10,12-13H2,(H2,21,24)(H,23,25)(H,26,27). The molecule has 2 aromatic rings. The van der Waals surface area contributed by atoms with Gasteiger partial charge in [0, 0.05) is 30.3 Å². The molecule has 1 heterocycles. The van der Waals surface area contributed by atoms with Crippen LogP contribution in [-0.2, 0) is 20.8 Å². The van der Waals surface area contributed by atoms with E-state index in [4.69, 9.17) is 10.8 Å². The Balaban J connectivity index is 1.81. The first-order valence-electron chi connectivity index (χ1n) is 9.07. The van der Waals surface area contributed by atoms with Crippen molar-refractivity contribution < 1.29 is 19.5 Å². The number of hydrogen-bond acceptors (Lipinski definition) is 5. The Hall–Kier alpha value is -2.71. The molecule has 0 saturated carbocycles. The lowest BCUT2D eigenvalue weighted by Crippen LogP contribution is -2.44. The summed E-state index contributed by atoms with van der Waals surface area (Å²) in [5.41, 5.74) is 7.28. The smallest absolute Gasteiger partial charge is 0.303 e. The highest BCUT2D eigenvalue weighted by Gasteiger charge is 2.14. The summed E-state index contributed by atoms with van der Waals surface area (Å²) in [5.74, 6) is -1.59. The molecule has 0 aliphatic carbocycles. The van der Waals surface area contributed by atoms with E-state index in [1.54, 1.807) is 11.3 Å². The number of carboxylic acids is 1. The Morgan fingerprint density at radius 1 is 1.11 bits per heavy atom. The van der Waals surface area contributed by atoms with Gasteiger partial charge in [0.1, 0.15) is 0 Å². The van der Waals surface area contributed by atoms with Crippen LogP contribution in [0.3, 0.4) is 0 Å². The van der Waals surface area contributed by atoms with Crippen LogP contribution in [0, 0.1) is 0 Å².